The smallest absolute Gasteiger partial charge is 0.0615 e. The zero-order valence-electron chi connectivity index (χ0n) is 8.96. The van der Waals surface area contributed by atoms with Crippen LogP contribution in [0.1, 0.15) is 13.8 Å². The van der Waals surface area contributed by atoms with Crippen molar-refractivity contribution < 1.29 is 0 Å². The summed E-state index contributed by atoms with van der Waals surface area (Å²) in [4.78, 5) is 0. The van der Waals surface area contributed by atoms with Gasteiger partial charge in [-0.15, -0.1) is 0 Å². The second-order valence-corrected chi connectivity index (χ2v) is 5.66. The molecule has 1 aromatic rings. The number of benzene rings is 1. The monoisotopic (exact) mass is 283 g/mol. The Kier molecular flexibility index (Phi) is 3.42. The van der Waals surface area contributed by atoms with Crippen molar-refractivity contribution in [3.63, 3.8) is 0 Å². The minimum absolute atomic E-state index is 1.03. The summed E-state index contributed by atoms with van der Waals surface area (Å²) in [6, 6.07) is 8.39. The van der Waals surface area contributed by atoms with E-state index in [4.69, 9.17) is 0 Å². The molecule has 0 amide bonds. The summed E-state index contributed by atoms with van der Waals surface area (Å²) >= 11 is 5.48. The van der Waals surface area contributed by atoms with Crippen LogP contribution in [0.2, 0.25) is 0 Å². The van der Waals surface area contributed by atoms with E-state index in [0.29, 0.717) is 0 Å². The summed E-state index contributed by atoms with van der Waals surface area (Å²) in [5.41, 5.74) is 4.28. The SMILES string of the molecule is CC1=C(C)CN(c2ccccc2Br)SC1. The summed E-state index contributed by atoms with van der Waals surface area (Å²) in [7, 11) is 0. The van der Waals surface area contributed by atoms with Gasteiger partial charge in [0.2, 0.25) is 0 Å². The maximum Gasteiger partial charge on any atom is 0.0615 e. The Morgan fingerprint density at radius 3 is 2.60 bits per heavy atom. The van der Waals surface area contributed by atoms with Crippen LogP contribution in [0.25, 0.3) is 0 Å². The van der Waals surface area contributed by atoms with Gasteiger partial charge in [0.25, 0.3) is 0 Å². The third-order valence-electron chi connectivity index (χ3n) is 2.67. The maximum absolute atomic E-state index is 3.60. The molecule has 0 bridgehead atoms. The second-order valence-electron chi connectivity index (χ2n) is 3.82. The fourth-order valence-electron chi connectivity index (χ4n) is 1.50. The van der Waals surface area contributed by atoms with Crippen molar-refractivity contribution in [2.24, 2.45) is 0 Å². The van der Waals surface area contributed by atoms with Gasteiger partial charge >= 0.3 is 0 Å². The molecule has 15 heavy (non-hydrogen) atoms. The van der Waals surface area contributed by atoms with Gasteiger partial charge in [-0.1, -0.05) is 23.3 Å². The van der Waals surface area contributed by atoms with Crippen LogP contribution >= 0.6 is 27.9 Å². The highest BCUT2D eigenvalue weighted by molar-refractivity contribution is 9.10. The minimum atomic E-state index is 1.03. The second kappa shape index (κ2) is 4.62. The molecule has 0 atom stereocenters. The molecule has 0 aliphatic carbocycles. The molecule has 0 N–H and O–H groups in total. The topological polar surface area (TPSA) is 3.24 Å². The maximum atomic E-state index is 3.60. The lowest BCUT2D eigenvalue weighted by Gasteiger charge is -2.29. The third kappa shape index (κ3) is 2.40. The molecule has 0 aromatic heterocycles. The largest absolute Gasteiger partial charge is 0.311 e. The van der Waals surface area contributed by atoms with Gasteiger partial charge < -0.3 is 4.31 Å². The Morgan fingerprint density at radius 2 is 1.93 bits per heavy atom. The van der Waals surface area contributed by atoms with Crippen molar-refractivity contribution in [3.05, 3.63) is 39.9 Å². The number of nitrogens with zero attached hydrogens (tertiary/aromatic N) is 1. The fourth-order valence-corrected chi connectivity index (χ4v) is 3.30. The summed E-state index contributed by atoms with van der Waals surface area (Å²) in [6.07, 6.45) is 0. The first-order valence-electron chi connectivity index (χ1n) is 4.98. The van der Waals surface area contributed by atoms with Crippen molar-refractivity contribution in [3.8, 4) is 0 Å². The molecule has 1 aromatic carbocycles. The Hall–Kier alpha value is -0.410. The van der Waals surface area contributed by atoms with Gasteiger partial charge in [0.1, 0.15) is 0 Å². The van der Waals surface area contributed by atoms with Crippen molar-refractivity contribution in [2.75, 3.05) is 16.6 Å². The first-order valence-corrected chi connectivity index (χ1v) is 6.72. The van der Waals surface area contributed by atoms with Crippen LogP contribution in [0.4, 0.5) is 5.69 Å². The van der Waals surface area contributed by atoms with Crippen molar-refractivity contribution in [1.82, 2.24) is 0 Å². The lowest BCUT2D eigenvalue weighted by molar-refractivity contribution is 1.05. The summed E-state index contributed by atoms with van der Waals surface area (Å²) < 4.78 is 3.52. The van der Waals surface area contributed by atoms with Gasteiger partial charge in [-0.25, -0.2) is 0 Å². The molecule has 80 valence electrons. The summed E-state index contributed by atoms with van der Waals surface area (Å²) in [5, 5.41) is 0. The van der Waals surface area contributed by atoms with E-state index in [-0.39, 0.29) is 0 Å². The first-order chi connectivity index (χ1) is 7.18. The highest BCUT2D eigenvalue weighted by Crippen LogP contribution is 2.34. The van der Waals surface area contributed by atoms with Crippen LogP contribution < -0.4 is 4.31 Å². The van der Waals surface area contributed by atoms with E-state index in [2.05, 4.69) is 58.3 Å². The normalized spacial score (nSPS) is 17.1. The molecule has 1 nitrogen and oxygen atoms in total. The molecule has 0 radical (unpaired) electrons. The van der Waals surface area contributed by atoms with Crippen LogP contribution in [0, 0.1) is 0 Å². The van der Waals surface area contributed by atoms with Crippen LogP contribution in [0.3, 0.4) is 0 Å². The molecular formula is C12H14BrNS. The van der Waals surface area contributed by atoms with E-state index in [1.807, 2.05) is 11.9 Å². The van der Waals surface area contributed by atoms with E-state index >= 15 is 0 Å². The molecule has 1 aliphatic heterocycles. The molecular weight excluding hydrogens is 270 g/mol. The van der Waals surface area contributed by atoms with Crippen molar-refractivity contribution >= 4 is 33.6 Å². The van der Waals surface area contributed by atoms with Gasteiger partial charge in [0.15, 0.2) is 0 Å². The van der Waals surface area contributed by atoms with E-state index in [0.717, 1.165) is 12.3 Å². The number of hydrogen-bond acceptors (Lipinski definition) is 2. The number of rotatable bonds is 1. The molecule has 3 heteroatoms. The third-order valence-corrected chi connectivity index (χ3v) is 4.54. The molecule has 1 aliphatic rings. The zero-order valence-corrected chi connectivity index (χ0v) is 11.4. The quantitative estimate of drug-likeness (QED) is 0.560. The number of para-hydroxylation sites is 1. The number of hydrogen-bond donors (Lipinski definition) is 0. The number of anilines is 1. The minimum Gasteiger partial charge on any atom is -0.311 e. The first kappa shape index (κ1) is 11.1. The molecule has 0 saturated heterocycles. The van der Waals surface area contributed by atoms with Crippen LogP contribution in [-0.4, -0.2) is 12.3 Å². The van der Waals surface area contributed by atoms with Crippen LogP contribution in [-0.2, 0) is 0 Å². The zero-order chi connectivity index (χ0) is 10.8. The summed E-state index contributed by atoms with van der Waals surface area (Å²) in [6.45, 7) is 5.47. The predicted molar refractivity (Wildman–Crippen MR) is 72.3 cm³/mol. The Labute approximate surface area is 104 Å². The molecule has 0 unspecified atom stereocenters. The molecule has 0 saturated carbocycles. The van der Waals surface area contributed by atoms with Gasteiger partial charge in [0.05, 0.1) is 12.2 Å². The van der Waals surface area contributed by atoms with Crippen LogP contribution in [0.15, 0.2) is 39.9 Å². The lowest BCUT2D eigenvalue weighted by atomic mass is 10.1. The molecule has 0 fully saturated rings. The number of halogens is 1. The lowest BCUT2D eigenvalue weighted by Crippen LogP contribution is -2.23. The van der Waals surface area contributed by atoms with E-state index in [1.165, 1.54) is 21.3 Å². The molecule has 0 spiro atoms. The predicted octanol–water partition coefficient (Wildman–Crippen LogP) is 4.25. The van der Waals surface area contributed by atoms with E-state index < -0.39 is 0 Å². The Balaban J connectivity index is 2.24. The van der Waals surface area contributed by atoms with E-state index in [1.54, 1.807) is 0 Å². The van der Waals surface area contributed by atoms with Gasteiger partial charge in [-0.3, -0.25) is 0 Å². The van der Waals surface area contributed by atoms with Gasteiger partial charge in [-0.05, 0) is 53.9 Å². The summed E-state index contributed by atoms with van der Waals surface area (Å²) in [5.74, 6) is 1.10. The van der Waals surface area contributed by atoms with Crippen molar-refractivity contribution in [2.45, 2.75) is 13.8 Å². The molecule has 1 heterocycles. The Morgan fingerprint density at radius 1 is 1.20 bits per heavy atom. The van der Waals surface area contributed by atoms with Crippen molar-refractivity contribution in [1.29, 1.82) is 0 Å². The highest BCUT2D eigenvalue weighted by Gasteiger charge is 2.16. The molecule has 2 rings (SSSR count). The average Bonchev–Trinajstić information content (AvgIpc) is 2.23. The standard InChI is InChI=1S/C12H14BrNS/c1-9-7-14(15-8-10(9)2)12-6-4-3-5-11(12)13/h3-6H,7-8H2,1-2H3. The van der Waals surface area contributed by atoms with Crippen LogP contribution in [0.5, 0.6) is 0 Å². The average molecular weight is 284 g/mol. The fraction of sp³-hybridized carbons (Fsp3) is 0.333. The van der Waals surface area contributed by atoms with Gasteiger partial charge in [-0.2, -0.15) is 0 Å². The van der Waals surface area contributed by atoms with E-state index in [9.17, 15) is 0 Å². The highest BCUT2D eigenvalue weighted by atomic mass is 79.9. The van der Waals surface area contributed by atoms with Gasteiger partial charge in [0, 0.05) is 10.2 Å². The Bertz CT molecular complexity index is 400.